The molecule has 21 heavy (non-hydrogen) atoms. The van der Waals surface area contributed by atoms with E-state index in [1.54, 1.807) is 13.8 Å². The highest BCUT2D eigenvalue weighted by Crippen LogP contribution is 2.30. The van der Waals surface area contributed by atoms with E-state index in [-0.39, 0.29) is 12.2 Å². The summed E-state index contributed by atoms with van der Waals surface area (Å²) in [6.45, 7) is 14.9. The van der Waals surface area contributed by atoms with Crippen molar-refractivity contribution in [2.24, 2.45) is 11.8 Å². The fraction of sp³-hybridized carbons (Fsp3) is 0.733. The smallest absolute Gasteiger partial charge is 0.338 e. The minimum atomic E-state index is -1.74. The van der Waals surface area contributed by atoms with Crippen molar-refractivity contribution in [2.75, 3.05) is 6.61 Å². The lowest BCUT2D eigenvalue weighted by molar-refractivity contribution is -0.170. The molecule has 0 aromatic rings. The van der Waals surface area contributed by atoms with Crippen LogP contribution in [0.25, 0.3) is 0 Å². The van der Waals surface area contributed by atoms with Gasteiger partial charge in [-0.3, -0.25) is 0 Å². The highest BCUT2D eigenvalue weighted by Gasteiger charge is 2.42. The molecule has 0 aliphatic carbocycles. The van der Waals surface area contributed by atoms with Gasteiger partial charge in [0.1, 0.15) is 0 Å². The van der Waals surface area contributed by atoms with Crippen molar-refractivity contribution in [3.05, 3.63) is 12.2 Å². The molecule has 0 bridgehead atoms. The molecule has 0 saturated carbocycles. The first-order chi connectivity index (χ1) is 9.30. The maximum absolute atomic E-state index is 12.1. The molecule has 2 N–H and O–H groups in total. The molecule has 5 nitrogen and oxygen atoms in total. The minimum Gasteiger partial charge on any atom is -0.478 e. The monoisotopic (exact) mass is 316 g/mol. The lowest BCUT2D eigenvalue weighted by Gasteiger charge is -2.32. The Labute approximate surface area is 128 Å². The number of aliphatic hydroxyl groups is 1. The molecule has 122 valence electrons. The number of hydrogen-bond acceptors (Lipinski definition) is 4. The predicted molar refractivity (Wildman–Crippen MR) is 84.8 cm³/mol. The van der Waals surface area contributed by atoms with Gasteiger partial charge in [-0.15, -0.1) is 0 Å². The van der Waals surface area contributed by atoms with Gasteiger partial charge in [-0.1, -0.05) is 40.1 Å². The van der Waals surface area contributed by atoms with Crippen LogP contribution in [-0.4, -0.2) is 42.4 Å². The number of carbonyl (C=O) groups is 2. The second kappa shape index (κ2) is 7.22. The highest BCUT2D eigenvalue weighted by atomic mass is 28.3. The molecule has 0 heterocycles. The molecule has 0 spiro atoms. The Hall–Kier alpha value is -1.14. The number of carboxylic acid groups (broad SMARTS) is 1. The molecule has 0 aromatic heterocycles. The molecule has 0 aromatic carbocycles. The van der Waals surface area contributed by atoms with Crippen molar-refractivity contribution in [1.82, 2.24) is 0 Å². The number of carboxylic acids is 1. The second-order valence-corrected chi connectivity index (χ2v) is 12.6. The Morgan fingerprint density at radius 1 is 1.29 bits per heavy atom. The summed E-state index contributed by atoms with van der Waals surface area (Å²) in [5, 5.41) is 19.3. The zero-order valence-corrected chi connectivity index (χ0v) is 14.9. The molecule has 0 saturated heterocycles. The Morgan fingerprint density at radius 2 is 1.76 bits per heavy atom. The fourth-order valence-electron chi connectivity index (χ4n) is 1.77. The Morgan fingerprint density at radius 3 is 2.14 bits per heavy atom. The van der Waals surface area contributed by atoms with Crippen molar-refractivity contribution < 1.29 is 24.5 Å². The van der Waals surface area contributed by atoms with E-state index in [9.17, 15) is 14.7 Å². The Kier molecular flexibility index (Phi) is 6.83. The van der Waals surface area contributed by atoms with Gasteiger partial charge in [-0.2, -0.15) is 0 Å². The highest BCUT2D eigenvalue weighted by molar-refractivity contribution is 6.76. The van der Waals surface area contributed by atoms with E-state index in [0.29, 0.717) is 0 Å². The summed E-state index contributed by atoms with van der Waals surface area (Å²) in [5.41, 5.74) is -1.77. The molecule has 0 amide bonds. The SMILES string of the molecule is C=C(C(=O)O)[C@H](C)[C@@H](C)[C@@](C)(O)C(=O)OCC[Si](C)(C)C. The molecule has 0 radical (unpaired) electrons. The lowest BCUT2D eigenvalue weighted by Crippen LogP contribution is -2.46. The zero-order chi connectivity index (χ0) is 17.0. The summed E-state index contributed by atoms with van der Waals surface area (Å²) in [7, 11) is -1.32. The fourth-order valence-corrected chi connectivity index (χ4v) is 2.48. The number of hydrogen-bond donors (Lipinski definition) is 2. The Balaban J connectivity index is 4.75. The van der Waals surface area contributed by atoms with Gasteiger partial charge in [0.05, 0.1) is 6.61 Å². The van der Waals surface area contributed by atoms with Crippen LogP contribution >= 0.6 is 0 Å². The zero-order valence-electron chi connectivity index (χ0n) is 13.9. The number of ether oxygens (including phenoxy) is 1. The first-order valence-electron chi connectivity index (χ1n) is 7.12. The molecule has 0 rings (SSSR count). The molecule has 0 fully saturated rings. The van der Waals surface area contributed by atoms with E-state index in [4.69, 9.17) is 9.84 Å². The summed E-state index contributed by atoms with van der Waals surface area (Å²) in [6.07, 6.45) is 0. The molecule has 3 atom stereocenters. The number of carbonyl (C=O) groups excluding carboxylic acids is 1. The third kappa shape index (κ3) is 6.01. The van der Waals surface area contributed by atoms with Gasteiger partial charge < -0.3 is 14.9 Å². The van der Waals surface area contributed by atoms with Crippen LogP contribution in [0.3, 0.4) is 0 Å². The van der Waals surface area contributed by atoms with Crippen LogP contribution in [-0.2, 0) is 14.3 Å². The standard InChI is InChI=1S/C15H28O5Si/c1-10(11(2)13(16)17)12(3)15(4,19)14(18)20-8-9-21(5,6)7/h10,12,19H,2,8-9H2,1,3-7H3,(H,16,17)/t10-,12+,15+/m0/s1. The van der Waals surface area contributed by atoms with E-state index in [0.717, 1.165) is 6.04 Å². The van der Waals surface area contributed by atoms with E-state index in [1.807, 2.05) is 0 Å². The van der Waals surface area contributed by atoms with E-state index < -0.39 is 37.4 Å². The summed E-state index contributed by atoms with van der Waals surface area (Å²) in [5.74, 6) is -2.99. The Bertz CT molecular complexity index is 409. The van der Waals surface area contributed by atoms with Crippen molar-refractivity contribution >= 4 is 20.0 Å². The minimum absolute atomic E-state index is 0.0299. The molecule has 0 aliphatic rings. The van der Waals surface area contributed by atoms with Crippen molar-refractivity contribution in [2.45, 2.75) is 52.1 Å². The van der Waals surface area contributed by atoms with Crippen LogP contribution in [0.15, 0.2) is 12.2 Å². The average Bonchev–Trinajstić information content (AvgIpc) is 2.33. The summed E-state index contributed by atoms with van der Waals surface area (Å²) >= 11 is 0. The van der Waals surface area contributed by atoms with Crippen LogP contribution in [0.2, 0.25) is 25.7 Å². The number of aliphatic carboxylic acids is 1. The number of esters is 1. The van der Waals surface area contributed by atoms with Crippen molar-refractivity contribution in [3.8, 4) is 0 Å². The van der Waals surface area contributed by atoms with Gasteiger partial charge in [0.25, 0.3) is 0 Å². The molecule has 0 aliphatic heterocycles. The van der Waals surface area contributed by atoms with Gasteiger partial charge in [0, 0.05) is 19.6 Å². The average molecular weight is 316 g/mol. The van der Waals surface area contributed by atoms with Crippen molar-refractivity contribution in [1.29, 1.82) is 0 Å². The van der Waals surface area contributed by atoms with E-state index in [2.05, 4.69) is 26.2 Å². The number of rotatable bonds is 8. The van der Waals surface area contributed by atoms with Crippen LogP contribution < -0.4 is 0 Å². The van der Waals surface area contributed by atoms with Gasteiger partial charge in [-0.05, 0) is 18.9 Å². The van der Waals surface area contributed by atoms with Crippen LogP contribution in [0.1, 0.15) is 20.8 Å². The van der Waals surface area contributed by atoms with Gasteiger partial charge in [-0.25, -0.2) is 9.59 Å². The lowest BCUT2D eigenvalue weighted by atomic mass is 9.78. The molecule has 6 heteroatoms. The topological polar surface area (TPSA) is 83.8 Å². The predicted octanol–water partition coefficient (Wildman–Crippen LogP) is 2.53. The first kappa shape index (κ1) is 19.9. The summed E-state index contributed by atoms with van der Waals surface area (Å²) in [4.78, 5) is 23.0. The largest absolute Gasteiger partial charge is 0.478 e. The second-order valence-electron chi connectivity index (χ2n) is 7.00. The molecular weight excluding hydrogens is 288 g/mol. The summed E-state index contributed by atoms with van der Waals surface area (Å²) in [6, 6.07) is 0.820. The maximum atomic E-state index is 12.1. The summed E-state index contributed by atoms with van der Waals surface area (Å²) < 4.78 is 5.16. The van der Waals surface area contributed by atoms with Crippen LogP contribution in [0.4, 0.5) is 0 Å². The third-order valence-corrected chi connectivity index (χ3v) is 5.66. The normalized spacial score (nSPS) is 17.5. The van der Waals surface area contributed by atoms with E-state index in [1.165, 1.54) is 6.92 Å². The van der Waals surface area contributed by atoms with E-state index >= 15 is 0 Å². The van der Waals surface area contributed by atoms with Gasteiger partial charge in [0.15, 0.2) is 5.60 Å². The maximum Gasteiger partial charge on any atom is 0.338 e. The third-order valence-electron chi connectivity index (χ3n) is 3.96. The molecule has 0 unspecified atom stereocenters. The quantitative estimate of drug-likeness (QED) is 0.408. The molecular formula is C15H28O5Si. The van der Waals surface area contributed by atoms with Crippen molar-refractivity contribution in [3.63, 3.8) is 0 Å². The van der Waals surface area contributed by atoms with Crippen LogP contribution in [0, 0.1) is 11.8 Å². The van der Waals surface area contributed by atoms with Gasteiger partial charge >= 0.3 is 11.9 Å². The van der Waals surface area contributed by atoms with Gasteiger partial charge in [0.2, 0.25) is 0 Å². The van der Waals surface area contributed by atoms with Crippen LogP contribution in [0.5, 0.6) is 0 Å². The first-order valence-corrected chi connectivity index (χ1v) is 10.8.